The molecule has 2 amide bonds. The van der Waals surface area contributed by atoms with Gasteiger partial charge in [0.15, 0.2) is 0 Å². The lowest BCUT2D eigenvalue weighted by Crippen LogP contribution is -2.49. The number of nitrogens with zero attached hydrogens (tertiary/aromatic N) is 1. The largest absolute Gasteiger partial charge is 0.429 e. The lowest BCUT2D eigenvalue weighted by molar-refractivity contribution is -0.131. The molecule has 0 saturated carbocycles. The number of hydrogen-bond donors (Lipinski definition) is 1. The molecule has 4 rings (SSSR count). The van der Waals surface area contributed by atoms with E-state index in [1.807, 2.05) is 17.9 Å². The number of likely N-dealkylation sites (tertiary alicyclic amines) is 1. The van der Waals surface area contributed by atoms with Gasteiger partial charge in [-0.15, -0.1) is 0 Å². The lowest BCUT2D eigenvalue weighted by Gasteiger charge is -2.39. The van der Waals surface area contributed by atoms with E-state index in [4.69, 9.17) is 4.74 Å². The molecule has 1 aliphatic heterocycles. The Kier molecular flexibility index (Phi) is 10.5. The van der Waals surface area contributed by atoms with Crippen molar-refractivity contribution in [1.29, 1.82) is 0 Å². The molecule has 1 heterocycles. The van der Waals surface area contributed by atoms with Gasteiger partial charge >= 0.3 is 6.11 Å². The van der Waals surface area contributed by atoms with Crippen molar-refractivity contribution >= 4 is 24.0 Å². The van der Waals surface area contributed by atoms with Crippen LogP contribution in [0.5, 0.6) is 5.75 Å². The average Bonchev–Trinajstić information content (AvgIpc) is 2.94. The van der Waals surface area contributed by atoms with Crippen LogP contribution >= 0.6 is 0 Å². The monoisotopic (exact) mass is 580 g/mol. The predicted octanol–water partition coefficient (Wildman–Crippen LogP) is 5.08. The summed E-state index contributed by atoms with van der Waals surface area (Å²) in [5.41, 5.74) is 2.19. The van der Waals surface area contributed by atoms with Gasteiger partial charge in [0.25, 0.3) is 11.8 Å². The van der Waals surface area contributed by atoms with Gasteiger partial charge in [0.05, 0.1) is 6.61 Å². The minimum atomic E-state index is -3.45. The Labute approximate surface area is 247 Å². The van der Waals surface area contributed by atoms with Crippen molar-refractivity contribution < 1.29 is 27.8 Å². The number of benzene rings is 2. The summed E-state index contributed by atoms with van der Waals surface area (Å²) in [4.78, 5) is 27.3. The molecular formula is C34H42F2N2O4. The molecule has 1 saturated heterocycles. The minimum absolute atomic E-state index is 0.0150. The molecular weight excluding hydrogens is 538 g/mol. The van der Waals surface area contributed by atoms with Gasteiger partial charge in [0.1, 0.15) is 5.75 Å². The number of amides is 2. The first-order chi connectivity index (χ1) is 20.1. The van der Waals surface area contributed by atoms with Crippen LogP contribution in [0.3, 0.4) is 0 Å². The Morgan fingerprint density at radius 3 is 2.52 bits per heavy atom. The maximum atomic E-state index is 13.3. The molecule has 8 heteroatoms. The first-order valence-electron chi connectivity index (χ1n) is 14.8. The molecule has 0 bridgehead atoms. The van der Waals surface area contributed by atoms with Gasteiger partial charge < -0.3 is 19.7 Å². The lowest BCUT2D eigenvalue weighted by atomic mass is 9.81. The number of rotatable bonds is 12. The van der Waals surface area contributed by atoms with Crippen LogP contribution in [0.1, 0.15) is 65.3 Å². The first kappa shape index (κ1) is 31.4. The molecule has 226 valence electrons. The summed E-state index contributed by atoms with van der Waals surface area (Å²) >= 11 is 0. The van der Waals surface area contributed by atoms with E-state index in [9.17, 15) is 18.4 Å². The SMILES string of the molecule is C=CC(F)(F)Oc1ccc(C(=O)N2CC(CCCC3CC=c4c(C)c(C(=O)NCCOC)ccc4=CCC3C)C2)cc1. The average molecular weight is 581 g/mol. The summed E-state index contributed by atoms with van der Waals surface area (Å²) in [7, 11) is 1.62. The minimum Gasteiger partial charge on any atom is -0.429 e. The number of hydrogen-bond acceptors (Lipinski definition) is 4. The normalized spacial score (nSPS) is 18.8. The van der Waals surface area contributed by atoms with Gasteiger partial charge in [0, 0.05) is 43.9 Å². The molecule has 1 aliphatic carbocycles. The summed E-state index contributed by atoms with van der Waals surface area (Å²) in [6.07, 6.45) is 6.89. The summed E-state index contributed by atoms with van der Waals surface area (Å²) < 4.78 is 36.3. The fourth-order valence-corrected chi connectivity index (χ4v) is 5.85. The van der Waals surface area contributed by atoms with Crippen molar-refractivity contribution in [3.05, 3.63) is 76.2 Å². The number of carbonyl (C=O) groups excluding carboxylic acids is 2. The molecule has 0 radical (unpaired) electrons. The third kappa shape index (κ3) is 7.85. The van der Waals surface area contributed by atoms with Crippen molar-refractivity contribution in [2.45, 2.75) is 52.1 Å². The van der Waals surface area contributed by atoms with Crippen molar-refractivity contribution in [1.82, 2.24) is 10.2 Å². The molecule has 2 aliphatic rings. The highest BCUT2D eigenvalue weighted by Crippen LogP contribution is 2.30. The van der Waals surface area contributed by atoms with Gasteiger partial charge in [-0.2, -0.15) is 8.78 Å². The Morgan fingerprint density at radius 1 is 1.10 bits per heavy atom. The van der Waals surface area contributed by atoms with Crippen LogP contribution in [0.15, 0.2) is 49.1 Å². The van der Waals surface area contributed by atoms with Crippen LogP contribution in [0.2, 0.25) is 0 Å². The zero-order valence-electron chi connectivity index (χ0n) is 24.8. The van der Waals surface area contributed by atoms with E-state index in [0.717, 1.165) is 42.9 Å². The van der Waals surface area contributed by atoms with Crippen molar-refractivity contribution in [2.75, 3.05) is 33.4 Å². The van der Waals surface area contributed by atoms with Crippen molar-refractivity contribution in [3.63, 3.8) is 0 Å². The molecule has 2 atom stereocenters. The summed E-state index contributed by atoms with van der Waals surface area (Å²) in [6, 6.07) is 9.78. The maximum Gasteiger partial charge on any atom is 0.419 e. The Balaban J connectivity index is 1.27. The zero-order chi connectivity index (χ0) is 30.3. The molecule has 42 heavy (non-hydrogen) atoms. The second-order valence-corrected chi connectivity index (χ2v) is 11.5. The van der Waals surface area contributed by atoms with Crippen LogP contribution in [-0.2, 0) is 4.74 Å². The smallest absolute Gasteiger partial charge is 0.419 e. The van der Waals surface area contributed by atoms with E-state index in [1.54, 1.807) is 7.11 Å². The van der Waals surface area contributed by atoms with Crippen molar-refractivity contribution in [3.8, 4) is 5.75 Å². The van der Waals surface area contributed by atoms with Crippen LogP contribution in [0, 0.1) is 24.7 Å². The van der Waals surface area contributed by atoms with E-state index in [1.165, 1.54) is 29.5 Å². The fourth-order valence-electron chi connectivity index (χ4n) is 5.85. The highest BCUT2D eigenvalue weighted by Gasteiger charge is 2.31. The number of carbonyl (C=O) groups is 2. The molecule has 1 N–H and O–H groups in total. The molecule has 2 aromatic rings. The van der Waals surface area contributed by atoms with E-state index in [0.29, 0.717) is 61.2 Å². The van der Waals surface area contributed by atoms with Crippen LogP contribution in [0.25, 0.3) is 12.2 Å². The molecule has 1 fully saturated rings. The van der Waals surface area contributed by atoms with Gasteiger partial charge in [-0.05, 0) is 96.7 Å². The number of alkyl halides is 2. The summed E-state index contributed by atoms with van der Waals surface area (Å²) in [5.74, 6) is 1.42. The fraction of sp³-hybridized carbons (Fsp3) is 0.471. The Bertz CT molecular complexity index is 1380. The predicted molar refractivity (Wildman–Crippen MR) is 161 cm³/mol. The second kappa shape index (κ2) is 14.1. The number of fused-ring (bicyclic) bond motifs is 1. The molecule has 2 aromatic carbocycles. The van der Waals surface area contributed by atoms with Crippen LogP contribution in [0.4, 0.5) is 8.78 Å². The third-order valence-corrected chi connectivity index (χ3v) is 8.55. The standard InChI is InChI=1S/C34H42F2N2O4/c1-5-34(35,36)42-29-15-11-28(12-16-29)33(40)38-21-25(22-38)7-6-8-26-13-17-30-24(3)31(32(39)37-19-20-41-4)18-14-27(30)10-9-23(26)2/h5,10-12,14-18,23,25-26H,1,6-9,13,19-22H2,2-4H3,(H,37,39). The van der Waals surface area contributed by atoms with Gasteiger partial charge in [-0.3, -0.25) is 9.59 Å². The number of ether oxygens (including phenoxy) is 2. The first-order valence-corrected chi connectivity index (χ1v) is 14.8. The number of halogens is 2. The molecule has 0 spiro atoms. The highest BCUT2D eigenvalue weighted by molar-refractivity contribution is 5.96. The highest BCUT2D eigenvalue weighted by atomic mass is 19.3. The van der Waals surface area contributed by atoms with Gasteiger partial charge in [-0.25, -0.2) is 0 Å². The third-order valence-electron chi connectivity index (χ3n) is 8.55. The molecule has 2 unspecified atom stereocenters. The van der Waals surface area contributed by atoms with Crippen molar-refractivity contribution in [2.24, 2.45) is 17.8 Å². The summed E-state index contributed by atoms with van der Waals surface area (Å²) in [6.45, 7) is 9.81. The molecule has 6 nitrogen and oxygen atoms in total. The zero-order valence-corrected chi connectivity index (χ0v) is 24.8. The van der Waals surface area contributed by atoms with Gasteiger partial charge in [0.2, 0.25) is 0 Å². The van der Waals surface area contributed by atoms with Gasteiger partial charge in [-0.1, -0.05) is 38.1 Å². The van der Waals surface area contributed by atoms with E-state index >= 15 is 0 Å². The Hall–Kier alpha value is -3.52. The van der Waals surface area contributed by atoms with Crippen LogP contribution in [-0.4, -0.2) is 56.2 Å². The summed E-state index contributed by atoms with van der Waals surface area (Å²) in [5, 5.41) is 5.28. The quantitative estimate of drug-likeness (QED) is 0.281. The maximum absolute atomic E-state index is 13.3. The van der Waals surface area contributed by atoms with E-state index < -0.39 is 6.11 Å². The topological polar surface area (TPSA) is 67.9 Å². The van der Waals surface area contributed by atoms with E-state index in [2.05, 4.69) is 41.8 Å². The second-order valence-electron chi connectivity index (χ2n) is 11.5. The Morgan fingerprint density at radius 2 is 1.83 bits per heavy atom. The number of methoxy groups -OCH3 is 1. The van der Waals surface area contributed by atoms with Crippen LogP contribution < -0.4 is 20.5 Å². The molecule has 0 aromatic heterocycles. The van der Waals surface area contributed by atoms with E-state index in [-0.39, 0.29) is 17.6 Å². The number of nitrogens with one attached hydrogen (secondary N) is 1.